The quantitative estimate of drug-likeness (QED) is 0.156. The molecule has 7 fully saturated rings. The van der Waals surface area contributed by atoms with Gasteiger partial charge >= 0.3 is 0 Å². The second-order valence-electron chi connectivity index (χ2n) is 23.0. The number of aryl methyl sites for hydroxylation is 2. The lowest BCUT2D eigenvalue weighted by atomic mass is 9.48. The number of rotatable bonds is 4. The van der Waals surface area contributed by atoms with Crippen molar-refractivity contribution in [1.82, 2.24) is 0 Å². The Kier molecular flexibility index (Phi) is 7.73. The van der Waals surface area contributed by atoms with Crippen molar-refractivity contribution in [2.75, 3.05) is 0 Å². The second kappa shape index (κ2) is 12.7. The van der Waals surface area contributed by atoms with E-state index in [9.17, 15) is 0 Å². The van der Waals surface area contributed by atoms with Crippen molar-refractivity contribution in [1.29, 1.82) is 0 Å². The van der Waals surface area contributed by atoms with Crippen LogP contribution in [0.15, 0.2) is 85.4 Å². The fraction of sp³-hybridized carbons (Fsp3) is 0.467. The molecule has 7 saturated carbocycles. The molecule has 304 valence electrons. The maximum absolute atomic E-state index is 4.55. The minimum atomic E-state index is 0.354. The first-order valence-corrected chi connectivity index (χ1v) is 24.4. The summed E-state index contributed by atoms with van der Waals surface area (Å²) in [5.41, 5.74) is 9.42. The summed E-state index contributed by atoms with van der Waals surface area (Å²) in [6.45, 7) is 16.8. The van der Waals surface area contributed by atoms with Gasteiger partial charge in [-0.15, -0.1) is 0 Å². The molecule has 0 aliphatic heterocycles. The summed E-state index contributed by atoms with van der Waals surface area (Å²) >= 11 is 0. The summed E-state index contributed by atoms with van der Waals surface area (Å²) in [6.07, 6.45) is 19.7. The molecule has 0 radical (unpaired) electrons. The van der Waals surface area contributed by atoms with Crippen LogP contribution >= 0.6 is 0 Å². The van der Waals surface area contributed by atoms with Gasteiger partial charge < -0.3 is 0 Å². The van der Waals surface area contributed by atoms with Crippen molar-refractivity contribution < 1.29 is 0 Å². The van der Waals surface area contributed by atoms with Gasteiger partial charge in [0.2, 0.25) is 0 Å². The van der Waals surface area contributed by atoms with Gasteiger partial charge in [-0.2, -0.15) is 0 Å². The van der Waals surface area contributed by atoms with Gasteiger partial charge in [-0.1, -0.05) is 111 Å². The van der Waals surface area contributed by atoms with Crippen molar-refractivity contribution in [3.8, 4) is 0 Å². The molecule has 4 bridgehead atoms. The summed E-state index contributed by atoms with van der Waals surface area (Å²) in [7, 11) is 0. The van der Waals surface area contributed by atoms with Crippen molar-refractivity contribution >= 4 is 65.5 Å². The van der Waals surface area contributed by atoms with E-state index < -0.39 is 0 Å². The van der Waals surface area contributed by atoms with E-state index in [0.29, 0.717) is 22.7 Å². The Morgan fingerprint density at radius 3 is 1.87 bits per heavy atom. The molecule has 7 aliphatic carbocycles. The third kappa shape index (κ3) is 5.15. The van der Waals surface area contributed by atoms with Gasteiger partial charge in [0.25, 0.3) is 0 Å². The lowest BCUT2D eigenvalue weighted by molar-refractivity contribution is -0.00508. The molecule has 60 heavy (non-hydrogen) atoms. The molecule has 0 spiro atoms. The number of fused-ring (bicyclic) bond motifs is 3. The van der Waals surface area contributed by atoms with Crippen LogP contribution in [0.2, 0.25) is 0 Å². The average Bonchev–Trinajstić information content (AvgIpc) is 3.45. The van der Waals surface area contributed by atoms with Crippen LogP contribution in [0.25, 0.3) is 65.5 Å². The lowest BCUT2D eigenvalue weighted by Gasteiger charge is -2.57. The zero-order valence-corrected chi connectivity index (χ0v) is 37.0. The Labute approximate surface area is 358 Å². The molecule has 0 heterocycles. The topological polar surface area (TPSA) is 0 Å². The van der Waals surface area contributed by atoms with Crippen LogP contribution < -0.4 is 5.22 Å². The Morgan fingerprint density at radius 1 is 0.600 bits per heavy atom. The van der Waals surface area contributed by atoms with Crippen LogP contribution in [0.5, 0.6) is 0 Å². The predicted octanol–water partition coefficient (Wildman–Crippen LogP) is 15.8. The molecule has 0 amide bonds. The Bertz CT molecular complexity index is 2910. The first-order chi connectivity index (χ1) is 29.0. The van der Waals surface area contributed by atoms with E-state index in [1.807, 2.05) is 0 Å². The third-order valence-electron chi connectivity index (χ3n) is 19.3. The summed E-state index contributed by atoms with van der Waals surface area (Å²) in [6, 6.07) is 32.3. The number of hydrogen-bond donors (Lipinski definition) is 0. The SMILES string of the molecule is C=C(C)c1ccc2cc(C34CC5CC(CC(C5)C3)C4)cc3cc/c(=C\C4CC[C@@H]5C6CC[C@H](c7cc(C)c8ccc9cc(C)cc%10ccc7c8c9%10)C[C@@H]6C(C)(C)[C@@H]5C4)c1c23. The van der Waals surface area contributed by atoms with Gasteiger partial charge in [0.1, 0.15) is 0 Å². The highest BCUT2D eigenvalue weighted by Crippen LogP contribution is 2.66. The molecule has 14 rings (SSSR count). The summed E-state index contributed by atoms with van der Waals surface area (Å²) in [5.74, 6) is 7.53. The molecule has 0 saturated heterocycles. The van der Waals surface area contributed by atoms with E-state index in [0.717, 1.165) is 41.4 Å². The standard InChI is InChI=1S/C60H64/c1-33(2)47-15-11-45-28-46(60-30-37-22-38(31-60)24-39(23-37)32-60)27-44-9-8-43(57(47)55(44)45)25-36-7-14-49-50-17-10-40(29-54(50)59(5,6)53(49)26-36)52-21-35(4)48-16-12-41-19-34(3)20-42-13-18-51(52)58(48)56(41)42/h8-9,11-13,15-16,18-21,25,27-28,36-40,49-50,53-54H,1,7,10,14,17,22-24,26,29-32H2,2-6H3/b43-25+/t36?,37?,38?,39?,40-,49+,50?,53+,54-,60?/m0/s1. The van der Waals surface area contributed by atoms with Crippen molar-refractivity contribution in [2.24, 2.45) is 52.8 Å². The molecular weight excluding hydrogens is 721 g/mol. The van der Waals surface area contributed by atoms with Gasteiger partial charge in [-0.05, 0) is 249 Å². The minimum Gasteiger partial charge on any atom is -0.0955 e. The Hall–Kier alpha value is -4.16. The van der Waals surface area contributed by atoms with Gasteiger partial charge in [-0.25, -0.2) is 0 Å². The largest absolute Gasteiger partial charge is 0.0955 e. The van der Waals surface area contributed by atoms with E-state index in [-0.39, 0.29) is 0 Å². The van der Waals surface area contributed by atoms with Gasteiger partial charge in [0.05, 0.1) is 0 Å². The molecule has 7 aromatic rings. The van der Waals surface area contributed by atoms with E-state index in [1.54, 1.807) is 11.1 Å². The highest BCUT2D eigenvalue weighted by Gasteiger charge is 2.57. The summed E-state index contributed by atoms with van der Waals surface area (Å²) < 4.78 is 0. The van der Waals surface area contributed by atoms with Gasteiger partial charge in [0, 0.05) is 0 Å². The third-order valence-corrected chi connectivity index (χ3v) is 19.3. The monoisotopic (exact) mass is 785 g/mol. The minimum absolute atomic E-state index is 0.354. The van der Waals surface area contributed by atoms with Crippen LogP contribution in [0.3, 0.4) is 0 Å². The Balaban J connectivity index is 0.831. The van der Waals surface area contributed by atoms with Crippen LogP contribution in [0.1, 0.15) is 132 Å². The zero-order chi connectivity index (χ0) is 40.4. The van der Waals surface area contributed by atoms with Crippen LogP contribution in [0.4, 0.5) is 0 Å². The molecule has 7 aliphatic rings. The van der Waals surface area contributed by atoms with Crippen LogP contribution in [-0.4, -0.2) is 0 Å². The van der Waals surface area contributed by atoms with Gasteiger partial charge in [-0.3, -0.25) is 0 Å². The van der Waals surface area contributed by atoms with Crippen molar-refractivity contribution in [3.63, 3.8) is 0 Å². The fourth-order valence-electron chi connectivity index (χ4n) is 17.2. The normalized spacial score (nSPS) is 33.5. The first-order valence-electron chi connectivity index (χ1n) is 24.4. The fourth-order valence-corrected chi connectivity index (χ4v) is 17.2. The second-order valence-corrected chi connectivity index (χ2v) is 23.0. The molecule has 2 unspecified atom stereocenters. The van der Waals surface area contributed by atoms with E-state index in [1.165, 1.54) is 158 Å². The summed E-state index contributed by atoms with van der Waals surface area (Å²) in [5, 5.41) is 16.1. The van der Waals surface area contributed by atoms with Gasteiger partial charge in [0.15, 0.2) is 0 Å². The lowest BCUT2D eigenvalue weighted by Crippen LogP contribution is -2.48. The zero-order valence-electron chi connectivity index (χ0n) is 37.0. The maximum Gasteiger partial charge on any atom is -0.00213 e. The highest BCUT2D eigenvalue weighted by atomic mass is 14.6. The number of benzene rings is 7. The smallest absolute Gasteiger partial charge is 0.00213 e. The van der Waals surface area contributed by atoms with E-state index in [2.05, 4.69) is 126 Å². The van der Waals surface area contributed by atoms with Crippen molar-refractivity contribution in [2.45, 2.75) is 123 Å². The average molecular weight is 785 g/mol. The molecule has 0 heteroatoms. The van der Waals surface area contributed by atoms with Crippen LogP contribution in [-0.2, 0) is 5.41 Å². The molecule has 0 N–H and O–H groups in total. The molecule has 0 aromatic heterocycles. The Morgan fingerprint density at radius 2 is 1.18 bits per heavy atom. The van der Waals surface area contributed by atoms with E-state index in [4.69, 9.17) is 0 Å². The van der Waals surface area contributed by atoms with Crippen molar-refractivity contribution in [3.05, 3.63) is 118 Å². The van der Waals surface area contributed by atoms with E-state index >= 15 is 0 Å². The highest BCUT2D eigenvalue weighted by molar-refractivity contribution is 6.24. The number of allylic oxidation sites excluding steroid dienone is 1. The summed E-state index contributed by atoms with van der Waals surface area (Å²) in [4.78, 5) is 0. The predicted molar refractivity (Wildman–Crippen MR) is 257 cm³/mol. The maximum atomic E-state index is 4.55. The first kappa shape index (κ1) is 36.5. The molecule has 7 aromatic carbocycles. The number of hydrogen-bond acceptors (Lipinski definition) is 0. The molecule has 6 atom stereocenters. The molecule has 0 nitrogen and oxygen atoms in total. The van der Waals surface area contributed by atoms with Crippen LogP contribution in [0, 0.1) is 66.6 Å². The molecular formula is C60H64.